The largest absolute Gasteiger partial charge is 0.496 e. The lowest BCUT2D eigenvalue weighted by atomic mass is 9.89. The Labute approximate surface area is 211 Å². The van der Waals surface area contributed by atoms with Gasteiger partial charge in [-0.25, -0.2) is 9.97 Å². The number of rotatable bonds is 7. The maximum atomic E-state index is 11.9. The van der Waals surface area contributed by atoms with Crippen LogP contribution in [0.5, 0.6) is 11.6 Å². The second kappa shape index (κ2) is 10.4. The van der Waals surface area contributed by atoms with Crippen molar-refractivity contribution >= 4 is 23.9 Å². The predicted molar refractivity (Wildman–Crippen MR) is 141 cm³/mol. The highest BCUT2D eigenvalue weighted by atomic mass is 16.5. The van der Waals surface area contributed by atoms with Crippen LogP contribution < -0.4 is 20.1 Å². The first-order valence-corrected chi connectivity index (χ1v) is 12.2. The highest BCUT2D eigenvalue weighted by molar-refractivity contribution is 5.81. The summed E-state index contributed by atoms with van der Waals surface area (Å²) in [5.74, 6) is 2.27. The normalized spacial score (nSPS) is 17.7. The Morgan fingerprint density at radius 3 is 2.58 bits per heavy atom. The summed E-state index contributed by atoms with van der Waals surface area (Å²) < 4.78 is 10.8. The van der Waals surface area contributed by atoms with Gasteiger partial charge in [-0.15, -0.1) is 0 Å². The number of ether oxygens (including phenoxy) is 2. The summed E-state index contributed by atoms with van der Waals surface area (Å²) in [5, 5.41) is 6.58. The Hall–Kier alpha value is -3.91. The first kappa shape index (κ1) is 23.8. The molecule has 2 N–H and O–H groups in total. The van der Waals surface area contributed by atoms with Gasteiger partial charge in [-0.1, -0.05) is 12.1 Å². The van der Waals surface area contributed by atoms with Gasteiger partial charge in [-0.3, -0.25) is 0 Å². The van der Waals surface area contributed by atoms with Crippen molar-refractivity contribution in [3.63, 3.8) is 0 Å². The lowest BCUT2D eigenvalue weighted by Crippen LogP contribution is -2.29. The fraction of sp³-hybridized carbons (Fsp3) is 0.321. The standard InChI is InChI=1S/C28H31N5O3/c1-33-12-9-19(10-13-33)18-4-6-21(7-5-18)31-28-27-20(8-11-29-24(27)17-34)14-23(32-28)22-16-30-26(36-3)15-25(22)35-2/h4-8,11,14-17,19,24,29H,9-10,12-13H2,1-3H3,(H,31,32). The van der Waals surface area contributed by atoms with Crippen molar-refractivity contribution in [3.8, 4) is 22.9 Å². The Morgan fingerprint density at radius 1 is 1.11 bits per heavy atom. The fourth-order valence-corrected chi connectivity index (χ4v) is 4.91. The summed E-state index contributed by atoms with van der Waals surface area (Å²) in [6, 6.07) is 11.8. The maximum absolute atomic E-state index is 11.9. The van der Waals surface area contributed by atoms with E-state index in [9.17, 15) is 4.79 Å². The number of likely N-dealkylation sites (tertiary alicyclic amines) is 1. The summed E-state index contributed by atoms with van der Waals surface area (Å²) in [6.45, 7) is 2.26. The molecule has 1 atom stereocenters. The minimum atomic E-state index is -0.497. The molecule has 3 aromatic rings. The minimum Gasteiger partial charge on any atom is -0.496 e. The highest BCUT2D eigenvalue weighted by Gasteiger charge is 2.24. The van der Waals surface area contributed by atoms with Crippen LogP contribution in [0.2, 0.25) is 0 Å². The molecule has 2 aliphatic heterocycles. The number of methoxy groups -OCH3 is 2. The lowest BCUT2D eigenvalue weighted by Gasteiger charge is -2.29. The van der Waals surface area contributed by atoms with E-state index in [2.05, 4.69) is 51.8 Å². The zero-order valence-electron chi connectivity index (χ0n) is 20.8. The van der Waals surface area contributed by atoms with E-state index < -0.39 is 6.04 Å². The zero-order chi connectivity index (χ0) is 25.1. The van der Waals surface area contributed by atoms with Gasteiger partial charge in [0.15, 0.2) is 0 Å². The van der Waals surface area contributed by atoms with Crippen LogP contribution in [-0.4, -0.2) is 55.5 Å². The van der Waals surface area contributed by atoms with Crippen molar-refractivity contribution in [1.29, 1.82) is 0 Å². The molecule has 0 radical (unpaired) electrons. The molecule has 1 aromatic carbocycles. The molecule has 8 nitrogen and oxygen atoms in total. The van der Waals surface area contributed by atoms with Gasteiger partial charge in [-0.2, -0.15) is 0 Å². The topological polar surface area (TPSA) is 88.6 Å². The van der Waals surface area contributed by atoms with E-state index in [1.807, 2.05) is 12.1 Å². The SMILES string of the molecule is COc1cc(OC)c(-c2cc3c(c(Nc4ccc(C5CCN(C)CC5)cc4)n2)C(C=O)NC=C3)cn1. The first-order chi connectivity index (χ1) is 17.6. The van der Waals surface area contributed by atoms with E-state index in [0.717, 1.165) is 41.8 Å². The average Bonchev–Trinajstić information content (AvgIpc) is 2.93. The van der Waals surface area contributed by atoms with Crippen molar-refractivity contribution in [1.82, 2.24) is 20.2 Å². The van der Waals surface area contributed by atoms with Crippen molar-refractivity contribution in [2.45, 2.75) is 24.8 Å². The molecular formula is C28H31N5O3. The summed E-state index contributed by atoms with van der Waals surface area (Å²) in [6.07, 6.45) is 8.67. The third-order valence-electron chi connectivity index (χ3n) is 6.99. The van der Waals surface area contributed by atoms with E-state index in [1.165, 1.54) is 18.4 Å². The molecule has 1 unspecified atom stereocenters. The number of pyridine rings is 2. The van der Waals surface area contributed by atoms with E-state index in [1.54, 1.807) is 32.7 Å². The number of aldehydes is 1. The van der Waals surface area contributed by atoms with Crippen LogP contribution >= 0.6 is 0 Å². The summed E-state index contributed by atoms with van der Waals surface area (Å²) >= 11 is 0. The van der Waals surface area contributed by atoms with Crippen LogP contribution in [0.1, 0.15) is 41.5 Å². The Bertz CT molecular complexity index is 1270. The third kappa shape index (κ3) is 4.77. The van der Waals surface area contributed by atoms with Gasteiger partial charge in [0.05, 0.1) is 25.5 Å². The van der Waals surface area contributed by atoms with Crippen LogP contribution in [0, 0.1) is 0 Å². The molecule has 0 aliphatic carbocycles. The summed E-state index contributed by atoms with van der Waals surface area (Å²) in [4.78, 5) is 23.5. The van der Waals surface area contributed by atoms with Gasteiger partial charge >= 0.3 is 0 Å². The quantitative estimate of drug-likeness (QED) is 0.472. The van der Waals surface area contributed by atoms with Gasteiger partial charge in [-0.05, 0) is 80.5 Å². The number of carbonyl (C=O) groups is 1. The average molecular weight is 486 g/mol. The number of hydrogen-bond acceptors (Lipinski definition) is 8. The Kier molecular flexibility index (Phi) is 6.86. The molecule has 0 amide bonds. The van der Waals surface area contributed by atoms with Gasteiger partial charge < -0.3 is 29.8 Å². The van der Waals surface area contributed by atoms with E-state index in [-0.39, 0.29) is 0 Å². The smallest absolute Gasteiger partial charge is 0.216 e. The molecule has 1 fully saturated rings. The third-order valence-corrected chi connectivity index (χ3v) is 6.99. The molecule has 36 heavy (non-hydrogen) atoms. The van der Waals surface area contributed by atoms with Crippen molar-refractivity contribution in [2.75, 3.05) is 39.7 Å². The molecule has 8 heteroatoms. The summed E-state index contributed by atoms with van der Waals surface area (Å²) in [5.41, 5.74) is 5.40. The van der Waals surface area contributed by atoms with Crippen LogP contribution in [0.4, 0.5) is 11.5 Å². The van der Waals surface area contributed by atoms with Gasteiger partial charge in [0, 0.05) is 23.5 Å². The number of fused-ring (bicyclic) bond motifs is 1. The van der Waals surface area contributed by atoms with Crippen molar-refractivity contribution in [2.24, 2.45) is 0 Å². The number of carbonyl (C=O) groups excluding carboxylic acids is 1. The number of anilines is 2. The van der Waals surface area contributed by atoms with Gasteiger partial charge in [0.1, 0.15) is 23.9 Å². The number of benzene rings is 1. The number of nitrogens with one attached hydrogen (secondary N) is 2. The van der Waals surface area contributed by atoms with Gasteiger partial charge in [0.2, 0.25) is 5.88 Å². The highest BCUT2D eigenvalue weighted by Crippen LogP contribution is 2.37. The van der Waals surface area contributed by atoms with Gasteiger partial charge in [0.25, 0.3) is 0 Å². The van der Waals surface area contributed by atoms with Crippen LogP contribution in [-0.2, 0) is 4.79 Å². The van der Waals surface area contributed by atoms with E-state index in [4.69, 9.17) is 14.5 Å². The molecule has 0 spiro atoms. The van der Waals surface area contributed by atoms with Crippen molar-refractivity contribution < 1.29 is 14.3 Å². The second-order valence-corrected chi connectivity index (χ2v) is 9.22. The molecule has 1 saturated heterocycles. The first-order valence-electron chi connectivity index (χ1n) is 12.2. The molecular weight excluding hydrogens is 454 g/mol. The molecule has 2 aliphatic rings. The number of aromatic nitrogens is 2. The molecule has 0 saturated carbocycles. The van der Waals surface area contributed by atoms with Crippen LogP contribution in [0.25, 0.3) is 17.3 Å². The molecule has 5 rings (SSSR count). The maximum Gasteiger partial charge on any atom is 0.216 e. The predicted octanol–water partition coefficient (Wildman–Crippen LogP) is 4.53. The lowest BCUT2D eigenvalue weighted by molar-refractivity contribution is -0.109. The number of piperidine rings is 1. The molecule has 186 valence electrons. The Morgan fingerprint density at radius 2 is 1.89 bits per heavy atom. The fourth-order valence-electron chi connectivity index (χ4n) is 4.91. The molecule has 0 bridgehead atoms. The summed E-state index contributed by atoms with van der Waals surface area (Å²) in [7, 11) is 5.35. The monoisotopic (exact) mass is 485 g/mol. The molecule has 2 aromatic heterocycles. The Balaban J connectivity index is 1.51. The van der Waals surface area contributed by atoms with E-state index in [0.29, 0.717) is 29.1 Å². The van der Waals surface area contributed by atoms with E-state index >= 15 is 0 Å². The van der Waals surface area contributed by atoms with Crippen LogP contribution in [0.3, 0.4) is 0 Å². The zero-order valence-corrected chi connectivity index (χ0v) is 20.8. The van der Waals surface area contributed by atoms with Crippen molar-refractivity contribution in [3.05, 3.63) is 65.5 Å². The van der Waals surface area contributed by atoms with Crippen LogP contribution in [0.15, 0.2) is 48.8 Å². The minimum absolute atomic E-state index is 0.460. The number of nitrogens with zero attached hydrogens (tertiary/aromatic N) is 3. The number of hydrogen-bond donors (Lipinski definition) is 2. The second-order valence-electron chi connectivity index (χ2n) is 9.22. The molecule has 4 heterocycles.